The Morgan fingerprint density at radius 3 is 2.45 bits per heavy atom. The maximum Gasteiger partial charge on any atom is 0.251 e. The summed E-state index contributed by atoms with van der Waals surface area (Å²) in [4.78, 5) is 23.1. The highest BCUT2D eigenvalue weighted by Crippen LogP contribution is 2.36. The van der Waals surface area contributed by atoms with Gasteiger partial charge in [0.05, 0.1) is 6.54 Å². The molecule has 0 atom stereocenters. The van der Waals surface area contributed by atoms with Crippen LogP contribution in [0.4, 0.5) is 14.6 Å². The zero-order valence-corrected chi connectivity index (χ0v) is 24.5. The quantitative estimate of drug-likeness (QED) is 0.153. The number of alkyl halides is 2. The van der Waals surface area contributed by atoms with Crippen molar-refractivity contribution >= 4 is 46.0 Å². The summed E-state index contributed by atoms with van der Waals surface area (Å²) in [5.74, 6) is -1.87. The summed E-state index contributed by atoms with van der Waals surface area (Å²) in [6, 6.07) is 21.2. The molecule has 0 aliphatic carbocycles. The van der Waals surface area contributed by atoms with Gasteiger partial charge in [-0.2, -0.15) is 0 Å². The smallest absolute Gasteiger partial charge is 0.251 e. The minimum Gasteiger partial charge on any atom is -0.459 e. The van der Waals surface area contributed by atoms with E-state index in [-0.39, 0.29) is 38.4 Å². The van der Waals surface area contributed by atoms with Crippen molar-refractivity contribution in [3.8, 4) is 22.3 Å². The molecule has 0 unspecified atom stereocenters. The highest BCUT2D eigenvalue weighted by Gasteiger charge is 2.34. The van der Waals surface area contributed by atoms with Gasteiger partial charge in [-0.3, -0.25) is 9.78 Å². The van der Waals surface area contributed by atoms with Gasteiger partial charge >= 0.3 is 0 Å². The fourth-order valence-corrected chi connectivity index (χ4v) is 5.47. The number of nitrogens with zero attached hydrogens (tertiary/aromatic N) is 3. The first-order chi connectivity index (χ1) is 21.2. The summed E-state index contributed by atoms with van der Waals surface area (Å²) in [6.45, 7) is 0.704. The largest absolute Gasteiger partial charge is 0.459 e. The number of anilines is 1. The Bertz CT molecular complexity index is 1830. The lowest BCUT2D eigenvalue weighted by Crippen LogP contribution is -2.42. The number of nitrogens with one attached hydrogen (secondary N) is 1. The van der Waals surface area contributed by atoms with Crippen LogP contribution in [0.1, 0.15) is 29.7 Å². The molecule has 44 heavy (non-hydrogen) atoms. The second-order valence-electron chi connectivity index (χ2n) is 10.7. The number of halogens is 2. The first-order valence-corrected chi connectivity index (χ1v) is 14.6. The fraction of sp³-hybridized carbons (Fsp3) is 0.176. The monoisotopic (exact) mass is 609 g/mol. The molecule has 0 bridgehead atoms. The summed E-state index contributed by atoms with van der Waals surface area (Å²) >= 11 is 5.64. The van der Waals surface area contributed by atoms with Crippen LogP contribution < -0.4 is 11.1 Å². The van der Waals surface area contributed by atoms with Crippen molar-refractivity contribution in [2.45, 2.75) is 25.3 Å². The number of piperidine rings is 1. The molecule has 222 valence electrons. The van der Waals surface area contributed by atoms with Crippen LogP contribution in [0.25, 0.3) is 39.3 Å². The number of rotatable bonds is 7. The Morgan fingerprint density at radius 2 is 1.75 bits per heavy atom. The number of benzene rings is 2. The molecule has 3 N–H and O–H groups in total. The van der Waals surface area contributed by atoms with E-state index >= 15 is 0 Å². The van der Waals surface area contributed by atoms with Gasteiger partial charge < -0.3 is 20.4 Å². The van der Waals surface area contributed by atoms with Crippen LogP contribution in [0.15, 0.2) is 95.8 Å². The van der Waals surface area contributed by atoms with Crippen molar-refractivity contribution in [2.24, 2.45) is 0 Å². The highest BCUT2D eigenvalue weighted by atomic mass is 32.1. The van der Waals surface area contributed by atoms with Crippen LogP contribution in [-0.2, 0) is 11.3 Å². The average Bonchev–Trinajstić information content (AvgIpc) is 3.46. The SMILES string of the molecule is Nc1ccc(C=CC(=O)NCc2cc3cc(-c4ccc(C(=S)N5CCC(F)(F)CC5)cc4)cc(-c4ccncc4)c3o2)cn1. The zero-order chi connectivity index (χ0) is 30.7. The predicted molar refractivity (Wildman–Crippen MR) is 172 cm³/mol. The Labute approximate surface area is 258 Å². The second-order valence-corrected chi connectivity index (χ2v) is 11.1. The maximum atomic E-state index is 13.6. The summed E-state index contributed by atoms with van der Waals surface area (Å²) in [5, 5.41) is 3.75. The number of aromatic nitrogens is 2. The molecule has 0 saturated carbocycles. The van der Waals surface area contributed by atoms with Crippen molar-refractivity contribution in [3.05, 3.63) is 108 Å². The molecule has 10 heteroatoms. The van der Waals surface area contributed by atoms with E-state index in [1.807, 2.05) is 53.4 Å². The molecular weight excluding hydrogens is 580 g/mol. The van der Waals surface area contributed by atoms with Crippen LogP contribution in [0, 0.1) is 0 Å². The van der Waals surface area contributed by atoms with Gasteiger partial charge in [0, 0.05) is 67.1 Å². The molecule has 1 saturated heterocycles. The Morgan fingerprint density at radius 1 is 1.00 bits per heavy atom. The van der Waals surface area contributed by atoms with E-state index in [1.54, 1.807) is 36.8 Å². The van der Waals surface area contributed by atoms with Gasteiger partial charge in [-0.15, -0.1) is 0 Å². The Hall–Kier alpha value is -4.96. The molecule has 1 aliphatic rings. The number of amides is 1. The third-order valence-electron chi connectivity index (χ3n) is 7.58. The van der Waals surface area contributed by atoms with E-state index in [0.717, 1.165) is 38.8 Å². The van der Waals surface area contributed by atoms with Crippen LogP contribution in [-0.4, -0.2) is 44.8 Å². The Kier molecular flexibility index (Phi) is 8.17. The number of furan rings is 1. The number of carbonyl (C=O) groups is 1. The average molecular weight is 610 g/mol. The number of hydrogen-bond donors (Lipinski definition) is 2. The molecule has 1 fully saturated rings. The Balaban J connectivity index is 1.23. The van der Waals surface area contributed by atoms with Gasteiger partial charge in [0.25, 0.3) is 5.92 Å². The number of nitrogens with two attached hydrogens (primary N) is 1. The molecule has 3 aromatic heterocycles. The molecule has 1 amide bonds. The number of thiocarbonyl (C=S) groups is 1. The molecule has 0 spiro atoms. The summed E-state index contributed by atoms with van der Waals surface area (Å²) < 4.78 is 33.5. The second kappa shape index (κ2) is 12.3. The van der Waals surface area contributed by atoms with E-state index < -0.39 is 5.92 Å². The third kappa shape index (κ3) is 6.65. The van der Waals surface area contributed by atoms with E-state index in [9.17, 15) is 13.6 Å². The summed E-state index contributed by atoms with van der Waals surface area (Å²) in [5.41, 5.74) is 11.7. The number of likely N-dealkylation sites (tertiary alicyclic amines) is 1. The van der Waals surface area contributed by atoms with E-state index in [4.69, 9.17) is 22.4 Å². The van der Waals surface area contributed by atoms with Crippen molar-refractivity contribution < 1.29 is 18.0 Å². The molecule has 5 aromatic rings. The summed E-state index contributed by atoms with van der Waals surface area (Å²) in [6.07, 6.45) is 7.79. The zero-order valence-electron chi connectivity index (χ0n) is 23.7. The van der Waals surface area contributed by atoms with Crippen LogP contribution >= 0.6 is 12.2 Å². The van der Waals surface area contributed by atoms with Crippen LogP contribution in [0.3, 0.4) is 0 Å². The number of nitrogen functional groups attached to an aromatic ring is 1. The first-order valence-electron chi connectivity index (χ1n) is 14.2. The third-order valence-corrected chi connectivity index (χ3v) is 8.07. The van der Waals surface area contributed by atoms with Gasteiger partial charge in [-0.1, -0.05) is 36.5 Å². The van der Waals surface area contributed by atoms with Gasteiger partial charge in [-0.05, 0) is 70.8 Å². The predicted octanol–water partition coefficient (Wildman–Crippen LogP) is 6.88. The van der Waals surface area contributed by atoms with E-state index in [1.165, 1.54) is 6.08 Å². The lowest BCUT2D eigenvalue weighted by molar-refractivity contribution is -0.116. The fourth-order valence-electron chi connectivity index (χ4n) is 5.15. The number of hydrogen-bond acceptors (Lipinski definition) is 6. The first kappa shape index (κ1) is 29.1. The summed E-state index contributed by atoms with van der Waals surface area (Å²) in [7, 11) is 0. The normalized spacial score (nSPS) is 14.6. The van der Waals surface area contributed by atoms with Crippen molar-refractivity contribution in [1.82, 2.24) is 20.2 Å². The molecular formula is C34H29F2N5O2S. The highest BCUT2D eigenvalue weighted by molar-refractivity contribution is 7.80. The molecule has 4 heterocycles. The maximum absolute atomic E-state index is 13.6. The molecule has 0 radical (unpaired) electrons. The van der Waals surface area contributed by atoms with Crippen molar-refractivity contribution in [1.29, 1.82) is 0 Å². The van der Waals surface area contributed by atoms with Gasteiger partial charge in [0.2, 0.25) is 5.91 Å². The minimum absolute atomic E-state index is 0.183. The van der Waals surface area contributed by atoms with E-state index in [0.29, 0.717) is 22.1 Å². The van der Waals surface area contributed by atoms with Gasteiger partial charge in [0.1, 0.15) is 22.1 Å². The standard InChI is InChI=1S/C34H29F2N5O2S/c35-34(36)11-15-41(16-12-34)33(44)25-5-3-23(4-6-25)26-17-27-18-28(43-32(27)29(19-26)24-9-13-38-14-10-24)21-40-31(42)8-2-22-1-7-30(37)39-20-22/h1-10,13-14,17-20H,11-12,15-16,21H2,(H2,37,39)(H,40,42). The van der Waals surface area contributed by atoms with Gasteiger partial charge in [-0.25, -0.2) is 13.8 Å². The van der Waals surface area contributed by atoms with Crippen molar-refractivity contribution in [3.63, 3.8) is 0 Å². The number of carbonyl (C=O) groups excluding carboxylic acids is 1. The lowest BCUT2D eigenvalue weighted by Gasteiger charge is -2.33. The van der Waals surface area contributed by atoms with Crippen LogP contribution in [0.2, 0.25) is 0 Å². The minimum atomic E-state index is -2.62. The van der Waals surface area contributed by atoms with Gasteiger partial charge in [0.15, 0.2) is 0 Å². The van der Waals surface area contributed by atoms with Crippen LogP contribution in [0.5, 0.6) is 0 Å². The topological polar surface area (TPSA) is 97.3 Å². The van der Waals surface area contributed by atoms with E-state index in [2.05, 4.69) is 21.4 Å². The van der Waals surface area contributed by atoms with Crippen molar-refractivity contribution in [2.75, 3.05) is 18.8 Å². The lowest BCUT2D eigenvalue weighted by atomic mass is 9.96. The molecule has 2 aromatic carbocycles. The molecule has 1 aliphatic heterocycles. The number of fused-ring (bicyclic) bond motifs is 1. The molecule has 6 rings (SSSR count). The molecule has 7 nitrogen and oxygen atoms in total. The number of pyridine rings is 2.